The van der Waals surface area contributed by atoms with Crippen LogP contribution in [-0.4, -0.2) is 32.3 Å². The molecule has 0 aliphatic carbocycles. The summed E-state index contributed by atoms with van der Waals surface area (Å²) >= 11 is 0. The van der Waals surface area contributed by atoms with Crippen LogP contribution in [0.3, 0.4) is 0 Å². The molecule has 0 N–H and O–H groups in total. The number of amides is 1. The van der Waals surface area contributed by atoms with Gasteiger partial charge in [-0.15, -0.1) is 0 Å². The molecule has 0 bridgehead atoms. The highest BCUT2D eigenvalue weighted by Gasteiger charge is 2.34. The van der Waals surface area contributed by atoms with Crippen LogP contribution in [-0.2, 0) is 6.42 Å². The summed E-state index contributed by atoms with van der Waals surface area (Å²) in [6, 6.07) is 6.19. The summed E-state index contributed by atoms with van der Waals surface area (Å²) in [5.74, 6) is 0.755. The Labute approximate surface area is 149 Å². The first-order valence-electron chi connectivity index (χ1n) is 8.46. The van der Waals surface area contributed by atoms with Gasteiger partial charge in [0.05, 0.1) is 11.8 Å². The topological polar surface area (TPSA) is 72.1 Å². The lowest BCUT2D eigenvalue weighted by Gasteiger charge is -2.22. The number of aromatic nitrogens is 3. The molecule has 0 saturated carbocycles. The van der Waals surface area contributed by atoms with Crippen molar-refractivity contribution in [3.63, 3.8) is 0 Å². The third-order valence-electron chi connectivity index (χ3n) is 4.45. The molecule has 0 spiro atoms. The highest BCUT2D eigenvalue weighted by Crippen LogP contribution is 2.33. The van der Waals surface area contributed by atoms with Crippen LogP contribution in [0.25, 0.3) is 0 Å². The van der Waals surface area contributed by atoms with Gasteiger partial charge < -0.3 is 9.32 Å². The van der Waals surface area contributed by atoms with Gasteiger partial charge in [-0.05, 0) is 30.5 Å². The highest BCUT2D eigenvalue weighted by atomic mass is 19.1. The molecule has 3 aromatic rings. The van der Waals surface area contributed by atoms with E-state index in [0.29, 0.717) is 30.2 Å². The normalized spacial score (nSPS) is 16.8. The number of halogens is 1. The molecule has 1 amide bonds. The van der Waals surface area contributed by atoms with E-state index in [0.717, 1.165) is 18.4 Å². The van der Waals surface area contributed by atoms with Gasteiger partial charge in [-0.25, -0.2) is 19.3 Å². The number of nitrogens with zero attached hydrogens (tertiary/aromatic N) is 4. The summed E-state index contributed by atoms with van der Waals surface area (Å²) in [6.07, 6.45) is 8.19. The minimum atomic E-state index is -0.278. The second kappa shape index (κ2) is 7.03. The zero-order chi connectivity index (χ0) is 17.9. The van der Waals surface area contributed by atoms with E-state index in [4.69, 9.17) is 4.42 Å². The van der Waals surface area contributed by atoms with E-state index in [9.17, 15) is 9.18 Å². The number of benzene rings is 1. The first-order chi connectivity index (χ1) is 12.7. The van der Waals surface area contributed by atoms with E-state index < -0.39 is 0 Å². The predicted octanol–water partition coefficient (Wildman–Crippen LogP) is 3.17. The quantitative estimate of drug-likeness (QED) is 0.721. The fourth-order valence-electron chi connectivity index (χ4n) is 3.25. The lowest BCUT2D eigenvalue weighted by Crippen LogP contribution is -2.30. The molecule has 0 unspecified atom stereocenters. The van der Waals surface area contributed by atoms with Crippen LogP contribution in [0.15, 0.2) is 53.6 Å². The molecule has 1 atom stereocenters. The van der Waals surface area contributed by atoms with Crippen LogP contribution in [0.1, 0.15) is 46.5 Å². The lowest BCUT2D eigenvalue weighted by atomic mass is 10.1. The van der Waals surface area contributed by atoms with Crippen molar-refractivity contribution in [1.82, 2.24) is 19.9 Å². The van der Waals surface area contributed by atoms with Crippen molar-refractivity contribution < 1.29 is 13.6 Å². The van der Waals surface area contributed by atoms with Crippen LogP contribution in [0.2, 0.25) is 0 Å². The third kappa shape index (κ3) is 3.33. The zero-order valence-corrected chi connectivity index (χ0v) is 14.0. The van der Waals surface area contributed by atoms with Crippen molar-refractivity contribution in [2.45, 2.75) is 25.3 Å². The molecular formula is C19H17FN4O2. The monoisotopic (exact) mass is 352 g/mol. The summed E-state index contributed by atoms with van der Waals surface area (Å²) in [7, 11) is 0. The van der Waals surface area contributed by atoms with Crippen LogP contribution in [0, 0.1) is 5.82 Å². The lowest BCUT2D eigenvalue weighted by molar-refractivity contribution is 0.0713. The second-order valence-corrected chi connectivity index (χ2v) is 6.26. The van der Waals surface area contributed by atoms with Crippen molar-refractivity contribution in [2.75, 3.05) is 6.54 Å². The van der Waals surface area contributed by atoms with E-state index in [1.165, 1.54) is 30.9 Å². The predicted molar refractivity (Wildman–Crippen MR) is 90.8 cm³/mol. The molecular weight excluding hydrogens is 335 g/mol. The Kier molecular flexibility index (Phi) is 4.43. The fraction of sp³-hybridized carbons (Fsp3) is 0.263. The van der Waals surface area contributed by atoms with Crippen LogP contribution >= 0.6 is 0 Å². The molecule has 2 aromatic heterocycles. The van der Waals surface area contributed by atoms with Gasteiger partial charge in [0.25, 0.3) is 5.91 Å². The molecule has 3 heterocycles. The Morgan fingerprint density at radius 3 is 2.92 bits per heavy atom. The number of oxazole rings is 1. The average molecular weight is 352 g/mol. The zero-order valence-electron chi connectivity index (χ0n) is 14.0. The Hall–Kier alpha value is -3.09. The molecule has 1 aliphatic rings. The maximum absolute atomic E-state index is 13.3. The first kappa shape index (κ1) is 16.4. The smallest absolute Gasteiger partial charge is 0.257 e. The number of hydrogen-bond acceptors (Lipinski definition) is 5. The molecule has 1 saturated heterocycles. The van der Waals surface area contributed by atoms with Gasteiger partial charge in [0.1, 0.15) is 23.9 Å². The molecule has 132 valence electrons. The average Bonchev–Trinajstić information content (AvgIpc) is 3.31. The van der Waals surface area contributed by atoms with Crippen molar-refractivity contribution >= 4 is 5.91 Å². The molecule has 4 rings (SSSR count). The first-order valence-corrected chi connectivity index (χ1v) is 8.46. The van der Waals surface area contributed by atoms with Crippen molar-refractivity contribution in [2.24, 2.45) is 0 Å². The van der Waals surface area contributed by atoms with Crippen molar-refractivity contribution in [1.29, 1.82) is 0 Å². The van der Waals surface area contributed by atoms with Crippen LogP contribution in [0.5, 0.6) is 0 Å². The molecule has 26 heavy (non-hydrogen) atoms. The number of hydrogen-bond donors (Lipinski definition) is 0. The van der Waals surface area contributed by atoms with E-state index in [2.05, 4.69) is 15.0 Å². The van der Waals surface area contributed by atoms with E-state index >= 15 is 0 Å². The maximum Gasteiger partial charge on any atom is 0.257 e. The van der Waals surface area contributed by atoms with Crippen LogP contribution in [0.4, 0.5) is 4.39 Å². The van der Waals surface area contributed by atoms with Crippen molar-refractivity contribution in [3.05, 3.63) is 77.8 Å². The molecule has 7 heteroatoms. The minimum absolute atomic E-state index is 0.127. The Morgan fingerprint density at radius 2 is 2.12 bits per heavy atom. The van der Waals surface area contributed by atoms with Gasteiger partial charge >= 0.3 is 0 Å². The fourth-order valence-corrected chi connectivity index (χ4v) is 3.25. The molecule has 1 fully saturated rings. The summed E-state index contributed by atoms with van der Waals surface area (Å²) in [5, 5.41) is 0. The standard InChI is InChI=1S/C19H17FN4O2/c20-15-4-1-3-13(7-15)8-16-11-23-18(26-16)17-5-2-6-24(17)19(25)14-9-21-12-22-10-14/h1,3-4,7,9-12,17H,2,5-6,8H2/t17-/m1/s1. The molecule has 6 nitrogen and oxygen atoms in total. The van der Waals surface area contributed by atoms with E-state index in [1.807, 2.05) is 6.07 Å². The number of carbonyl (C=O) groups excluding carboxylic acids is 1. The Balaban J connectivity index is 1.52. The maximum atomic E-state index is 13.3. The Morgan fingerprint density at radius 1 is 1.27 bits per heavy atom. The largest absolute Gasteiger partial charge is 0.443 e. The number of likely N-dealkylation sites (tertiary alicyclic amines) is 1. The summed E-state index contributed by atoms with van der Waals surface area (Å²) in [5.41, 5.74) is 1.26. The van der Waals surface area contributed by atoms with Gasteiger partial charge in [0, 0.05) is 25.4 Å². The minimum Gasteiger partial charge on any atom is -0.443 e. The second-order valence-electron chi connectivity index (χ2n) is 6.26. The summed E-state index contributed by atoms with van der Waals surface area (Å²) in [4.78, 5) is 26.6. The van der Waals surface area contributed by atoms with Crippen molar-refractivity contribution in [3.8, 4) is 0 Å². The molecule has 1 aromatic carbocycles. The van der Waals surface area contributed by atoms with Crippen LogP contribution < -0.4 is 0 Å². The molecule has 0 radical (unpaired) electrons. The van der Waals surface area contributed by atoms with E-state index in [-0.39, 0.29) is 17.8 Å². The van der Waals surface area contributed by atoms with Gasteiger partial charge in [-0.3, -0.25) is 4.79 Å². The van der Waals surface area contributed by atoms with Gasteiger partial charge in [-0.2, -0.15) is 0 Å². The number of rotatable bonds is 4. The van der Waals surface area contributed by atoms with E-state index in [1.54, 1.807) is 17.2 Å². The number of carbonyl (C=O) groups is 1. The van der Waals surface area contributed by atoms with Gasteiger partial charge in [-0.1, -0.05) is 12.1 Å². The Bertz CT molecular complexity index is 913. The highest BCUT2D eigenvalue weighted by molar-refractivity contribution is 5.94. The third-order valence-corrected chi connectivity index (χ3v) is 4.45. The van der Waals surface area contributed by atoms with Gasteiger partial charge in [0.2, 0.25) is 5.89 Å². The van der Waals surface area contributed by atoms with Gasteiger partial charge in [0.15, 0.2) is 0 Å². The molecule has 1 aliphatic heterocycles. The summed E-state index contributed by atoms with van der Waals surface area (Å²) < 4.78 is 19.2. The SMILES string of the molecule is O=C(c1cncnc1)N1CCC[C@@H]1c1ncc(Cc2cccc(F)c2)o1. The summed E-state index contributed by atoms with van der Waals surface area (Å²) in [6.45, 7) is 0.639.